The number of nitrogens with two attached hydrogens (primary N) is 3. The topological polar surface area (TPSA) is 106 Å². The Morgan fingerprint density at radius 3 is 0.917 bits per heavy atom. The smallest absolute Gasteiger partial charge is 0.150 e. The number of rotatable bonds is 9. The van der Waals surface area contributed by atoms with Crippen LogP contribution < -0.4 is 31.4 Å². The van der Waals surface area contributed by atoms with E-state index in [9.17, 15) is 0 Å². The summed E-state index contributed by atoms with van der Waals surface area (Å²) in [6.07, 6.45) is 1.99. The molecule has 0 saturated heterocycles. The molecule has 6 N–H and O–H groups in total. The Hall–Kier alpha value is -4.32. The molecule has 4 aromatic rings. The molecule has 0 fully saturated rings. The predicted octanol–water partition coefficient (Wildman–Crippen LogP) is 7.50. The second kappa shape index (κ2) is 11.0. The summed E-state index contributed by atoms with van der Waals surface area (Å²) < 4.78 is 19.6. The van der Waals surface area contributed by atoms with Crippen molar-refractivity contribution in [2.75, 3.05) is 17.2 Å². The Balaban J connectivity index is 2.00. The zero-order valence-corrected chi connectivity index (χ0v) is 21.0. The number of para-hydroxylation sites is 6. The lowest BCUT2D eigenvalue weighted by Gasteiger charge is -2.26. The molecule has 0 bridgehead atoms. The Labute approximate surface area is 212 Å². The highest BCUT2D eigenvalue weighted by atomic mass is 16.5. The molecule has 0 unspecified atom stereocenters. The van der Waals surface area contributed by atoms with Gasteiger partial charge in [-0.3, -0.25) is 0 Å². The second-order valence-corrected chi connectivity index (χ2v) is 8.40. The fraction of sp³-hybridized carbons (Fsp3) is 0.200. The molecule has 0 heterocycles. The molecule has 0 aliphatic carbocycles. The van der Waals surface area contributed by atoms with Crippen LogP contribution in [0.3, 0.4) is 0 Å². The van der Waals surface area contributed by atoms with Gasteiger partial charge in [0.1, 0.15) is 34.5 Å². The summed E-state index contributed by atoms with van der Waals surface area (Å²) >= 11 is 0. The first kappa shape index (κ1) is 24.8. The van der Waals surface area contributed by atoms with Gasteiger partial charge in [-0.25, -0.2) is 0 Å². The third kappa shape index (κ3) is 4.89. The van der Waals surface area contributed by atoms with Crippen LogP contribution in [0, 0.1) is 0 Å². The van der Waals surface area contributed by atoms with E-state index in [0.717, 1.165) is 16.7 Å². The minimum absolute atomic E-state index is 0.547. The Morgan fingerprint density at radius 1 is 0.444 bits per heavy atom. The van der Waals surface area contributed by atoms with Crippen LogP contribution in [0.2, 0.25) is 0 Å². The molecular weight excluding hydrogens is 450 g/mol. The normalized spacial score (nSPS) is 10.8. The van der Waals surface area contributed by atoms with Crippen LogP contribution in [0.1, 0.15) is 37.5 Å². The van der Waals surface area contributed by atoms with Crippen molar-refractivity contribution in [3.05, 3.63) is 89.5 Å². The van der Waals surface area contributed by atoms with Crippen molar-refractivity contribution in [2.45, 2.75) is 40.0 Å². The zero-order chi connectivity index (χ0) is 25.7. The van der Waals surface area contributed by atoms with Gasteiger partial charge >= 0.3 is 0 Å². The molecule has 0 amide bonds. The van der Waals surface area contributed by atoms with Gasteiger partial charge in [0.25, 0.3) is 0 Å². The fourth-order valence-corrected chi connectivity index (χ4v) is 4.24. The molecule has 186 valence electrons. The number of ether oxygens (including phenoxy) is 3. The first-order chi connectivity index (χ1) is 17.5. The van der Waals surface area contributed by atoms with E-state index < -0.39 is 0 Å². The number of nitrogen functional groups attached to an aromatic ring is 3. The summed E-state index contributed by atoms with van der Waals surface area (Å²) in [6.45, 7) is 6.23. The maximum atomic E-state index is 6.52. The van der Waals surface area contributed by atoms with Crippen molar-refractivity contribution in [3.8, 4) is 34.5 Å². The van der Waals surface area contributed by atoms with Crippen LogP contribution in [-0.2, 0) is 19.3 Å². The number of hydrogen-bond donors (Lipinski definition) is 3. The number of benzene rings is 4. The molecule has 6 heteroatoms. The van der Waals surface area contributed by atoms with E-state index in [-0.39, 0.29) is 0 Å². The summed E-state index contributed by atoms with van der Waals surface area (Å²) in [5.41, 5.74) is 23.2. The first-order valence-corrected chi connectivity index (χ1v) is 12.3. The molecule has 0 saturated carbocycles. The minimum Gasteiger partial charge on any atom is -0.454 e. The van der Waals surface area contributed by atoms with Crippen molar-refractivity contribution in [3.63, 3.8) is 0 Å². The van der Waals surface area contributed by atoms with E-state index in [0.29, 0.717) is 70.8 Å². The van der Waals surface area contributed by atoms with Crippen molar-refractivity contribution in [2.24, 2.45) is 0 Å². The van der Waals surface area contributed by atoms with Crippen molar-refractivity contribution >= 4 is 17.1 Å². The minimum atomic E-state index is 0.547. The molecule has 36 heavy (non-hydrogen) atoms. The highest BCUT2D eigenvalue weighted by Gasteiger charge is 2.27. The average Bonchev–Trinajstić information content (AvgIpc) is 2.88. The summed E-state index contributed by atoms with van der Waals surface area (Å²) in [4.78, 5) is 0. The van der Waals surface area contributed by atoms with Gasteiger partial charge in [0.05, 0.1) is 17.1 Å². The Morgan fingerprint density at radius 2 is 0.694 bits per heavy atom. The van der Waals surface area contributed by atoms with Gasteiger partial charge in [0.2, 0.25) is 0 Å². The van der Waals surface area contributed by atoms with E-state index in [1.54, 1.807) is 0 Å². The summed E-state index contributed by atoms with van der Waals surface area (Å²) in [6, 6.07) is 22.3. The summed E-state index contributed by atoms with van der Waals surface area (Å²) in [7, 11) is 0. The molecule has 0 atom stereocenters. The van der Waals surface area contributed by atoms with Crippen LogP contribution in [0.5, 0.6) is 34.5 Å². The molecule has 4 aromatic carbocycles. The molecule has 4 rings (SSSR count). The van der Waals surface area contributed by atoms with Gasteiger partial charge in [-0.1, -0.05) is 57.2 Å². The highest BCUT2D eigenvalue weighted by molar-refractivity contribution is 5.68. The van der Waals surface area contributed by atoms with Gasteiger partial charge in [-0.05, 0) is 55.7 Å². The summed E-state index contributed by atoms with van der Waals surface area (Å²) in [5.74, 6) is 3.72. The fourth-order valence-electron chi connectivity index (χ4n) is 4.24. The summed E-state index contributed by atoms with van der Waals surface area (Å²) in [5, 5.41) is 0. The molecule has 6 nitrogen and oxygen atoms in total. The number of anilines is 3. The second-order valence-electron chi connectivity index (χ2n) is 8.40. The van der Waals surface area contributed by atoms with E-state index in [2.05, 4.69) is 20.8 Å². The van der Waals surface area contributed by atoms with E-state index >= 15 is 0 Å². The molecule has 0 aliphatic heterocycles. The van der Waals surface area contributed by atoms with E-state index in [4.69, 9.17) is 31.4 Å². The SMILES string of the molecule is CCc1c(Oc2ccccc2N)c(CC)c(Oc2ccccc2N)c(CC)c1Oc1ccccc1N. The number of hydrogen-bond acceptors (Lipinski definition) is 6. The van der Waals surface area contributed by atoms with E-state index in [1.807, 2.05) is 72.8 Å². The van der Waals surface area contributed by atoms with Crippen LogP contribution in [0.25, 0.3) is 0 Å². The van der Waals surface area contributed by atoms with Crippen molar-refractivity contribution in [1.29, 1.82) is 0 Å². The van der Waals surface area contributed by atoms with Gasteiger partial charge in [-0.2, -0.15) is 0 Å². The van der Waals surface area contributed by atoms with Crippen LogP contribution in [-0.4, -0.2) is 0 Å². The van der Waals surface area contributed by atoms with Crippen LogP contribution in [0.4, 0.5) is 17.1 Å². The monoisotopic (exact) mass is 483 g/mol. The molecule has 0 aliphatic rings. The molecule has 0 aromatic heterocycles. The van der Waals surface area contributed by atoms with Crippen LogP contribution in [0.15, 0.2) is 72.8 Å². The lowest BCUT2D eigenvalue weighted by Crippen LogP contribution is -2.08. The predicted molar refractivity (Wildman–Crippen MR) is 147 cm³/mol. The lowest BCUT2D eigenvalue weighted by atomic mass is 9.95. The van der Waals surface area contributed by atoms with Crippen LogP contribution >= 0.6 is 0 Å². The maximum Gasteiger partial charge on any atom is 0.150 e. The third-order valence-electron chi connectivity index (χ3n) is 6.10. The Kier molecular flexibility index (Phi) is 7.54. The molecule has 0 spiro atoms. The lowest BCUT2D eigenvalue weighted by molar-refractivity contribution is 0.420. The Bertz CT molecular complexity index is 1180. The quantitative estimate of drug-likeness (QED) is 0.213. The first-order valence-electron chi connectivity index (χ1n) is 12.3. The zero-order valence-electron chi connectivity index (χ0n) is 21.0. The maximum absolute atomic E-state index is 6.52. The standard InChI is InChI=1S/C30H33N3O3/c1-4-19-28(34-25-16-10-7-13-22(25)31)20(5-2)30(36-27-18-12-9-15-24(27)33)21(6-3)29(19)35-26-17-11-8-14-23(26)32/h7-18H,4-6,31-33H2,1-3H3. The highest BCUT2D eigenvalue weighted by Crippen LogP contribution is 2.50. The molecule has 0 radical (unpaired) electrons. The van der Waals surface area contributed by atoms with Gasteiger partial charge in [0, 0.05) is 16.7 Å². The van der Waals surface area contributed by atoms with Crippen molar-refractivity contribution in [1.82, 2.24) is 0 Å². The van der Waals surface area contributed by atoms with Gasteiger partial charge in [-0.15, -0.1) is 0 Å². The van der Waals surface area contributed by atoms with Gasteiger partial charge in [0.15, 0.2) is 0 Å². The van der Waals surface area contributed by atoms with Crippen molar-refractivity contribution < 1.29 is 14.2 Å². The van der Waals surface area contributed by atoms with Gasteiger partial charge < -0.3 is 31.4 Å². The third-order valence-corrected chi connectivity index (χ3v) is 6.10. The molecular formula is C30H33N3O3. The largest absolute Gasteiger partial charge is 0.454 e. The average molecular weight is 484 g/mol. The van der Waals surface area contributed by atoms with E-state index in [1.165, 1.54) is 0 Å².